The molecule has 2 rings (SSSR count). The van der Waals surface area contributed by atoms with Gasteiger partial charge in [0.15, 0.2) is 5.85 Å². The van der Waals surface area contributed by atoms with Crippen molar-refractivity contribution in [2.75, 3.05) is 19.8 Å². The van der Waals surface area contributed by atoms with Crippen molar-refractivity contribution in [1.29, 1.82) is 0 Å². The zero-order valence-electron chi connectivity index (χ0n) is 17.5. The van der Waals surface area contributed by atoms with Gasteiger partial charge in [0.2, 0.25) is 12.4 Å². The van der Waals surface area contributed by atoms with Gasteiger partial charge in [0.1, 0.15) is 24.9 Å². The van der Waals surface area contributed by atoms with Crippen LogP contribution >= 0.6 is 6.49 Å². The molecule has 1 fully saturated rings. The van der Waals surface area contributed by atoms with Crippen molar-refractivity contribution in [2.24, 2.45) is 0 Å². The van der Waals surface area contributed by atoms with Gasteiger partial charge in [-0.3, -0.25) is 4.79 Å². The van der Waals surface area contributed by atoms with Gasteiger partial charge in [-0.05, 0) is 23.8 Å². The highest BCUT2D eigenvalue weighted by molar-refractivity contribution is 8.09. The Kier molecular flexibility index (Phi) is 10.5. The number of benzene rings is 1. The third kappa shape index (κ3) is 7.75. The summed E-state index contributed by atoms with van der Waals surface area (Å²) < 4.78 is 16.0. The Morgan fingerprint density at radius 1 is 1.22 bits per heavy atom. The second kappa shape index (κ2) is 12.6. The van der Waals surface area contributed by atoms with Crippen LogP contribution in [-0.4, -0.2) is 82.2 Å². The summed E-state index contributed by atoms with van der Waals surface area (Å²) in [5.74, 6) is -1.88. The van der Waals surface area contributed by atoms with E-state index in [2.05, 4.69) is 10.6 Å². The maximum atomic E-state index is 11.7. The number of aliphatic hydroxyl groups is 3. The van der Waals surface area contributed by atoms with Crippen LogP contribution in [-0.2, 0) is 37.2 Å². The molecule has 1 unspecified atom stereocenters. The van der Waals surface area contributed by atoms with E-state index in [0.717, 1.165) is 5.56 Å². The van der Waals surface area contributed by atoms with E-state index in [-0.39, 0.29) is 26.2 Å². The number of hydrogen-bond acceptors (Lipinski definition) is 9. The lowest BCUT2D eigenvalue weighted by atomic mass is 9.98. The summed E-state index contributed by atoms with van der Waals surface area (Å²) in [6.45, 7) is -2.92. The molecule has 0 aromatic heterocycles. The molecular weight excluding hydrogens is 463 g/mol. The highest BCUT2D eigenvalue weighted by Crippen LogP contribution is 2.52. The van der Waals surface area contributed by atoms with Gasteiger partial charge >= 0.3 is 6.09 Å². The molecule has 6 N–H and O–H groups in total. The average molecular weight is 492 g/mol. The first-order chi connectivity index (χ1) is 15.2. The monoisotopic (exact) mass is 492 g/mol. The fourth-order valence-corrected chi connectivity index (χ4v) is 5.34. The van der Waals surface area contributed by atoms with Crippen molar-refractivity contribution in [3.8, 4) is 0 Å². The minimum atomic E-state index is -3.74. The van der Waals surface area contributed by atoms with Gasteiger partial charge in [0.05, 0.1) is 19.3 Å². The van der Waals surface area contributed by atoms with Crippen LogP contribution in [0.5, 0.6) is 0 Å². The summed E-state index contributed by atoms with van der Waals surface area (Å²) in [6, 6.07) is 7.95. The van der Waals surface area contributed by atoms with Crippen LogP contribution < -0.4 is 10.6 Å². The largest absolute Gasteiger partial charge is 0.445 e. The summed E-state index contributed by atoms with van der Waals surface area (Å²) in [5.41, 5.74) is 0.849. The maximum absolute atomic E-state index is 11.7. The lowest BCUT2D eigenvalue weighted by Crippen LogP contribution is -2.63. The normalized spacial score (nSPS) is 27.2. The minimum absolute atomic E-state index is 0.0537. The van der Waals surface area contributed by atoms with Crippen molar-refractivity contribution < 1.29 is 43.8 Å². The van der Waals surface area contributed by atoms with Crippen LogP contribution in [0.1, 0.15) is 18.9 Å². The van der Waals surface area contributed by atoms with E-state index < -0.39 is 55.3 Å². The Hall–Kier alpha value is -1.63. The van der Waals surface area contributed by atoms with Crippen LogP contribution in [0.2, 0.25) is 0 Å². The summed E-state index contributed by atoms with van der Waals surface area (Å²) in [5, 5.41) is 34.7. The molecule has 13 heteroatoms. The summed E-state index contributed by atoms with van der Waals surface area (Å²) in [6.07, 6.45) is -4.56. The van der Waals surface area contributed by atoms with Crippen molar-refractivity contribution in [1.82, 2.24) is 10.6 Å². The van der Waals surface area contributed by atoms with E-state index in [1.54, 1.807) is 0 Å². The lowest BCUT2D eigenvalue weighted by molar-refractivity contribution is -0.178. The third-order valence-corrected chi connectivity index (χ3v) is 7.25. The molecule has 1 aromatic rings. The van der Waals surface area contributed by atoms with Gasteiger partial charge in [0.25, 0.3) is 0 Å². The summed E-state index contributed by atoms with van der Waals surface area (Å²) in [7, 11) is 0. The number of carbonyl (C=O) groups is 2. The molecule has 1 saturated heterocycles. The highest BCUT2D eigenvalue weighted by atomic mass is 32.5. The average Bonchev–Trinajstić information content (AvgIpc) is 2.75. The van der Waals surface area contributed by atoms with Gasteiger partial charge in [-0.15, -0.1) is 0 Å². The molecule has 32 heavy (non-hydrogen) atoms. The molecule has 0 spiro atoms. The zero-order chi connectivity index (χ0) is 23.7. The van der Waals surface area contributed by atoms with Gasteiger partial charge in [0, 0.05) is 13.5 Å². The molecular formula is C19H29N2O9PS. The number of hydrogen-bond donors (Lipinski definition) is 6. The van der Waals surface area contributed by atoms with Crippen molar-refractivity contribution in [3.63, 3.8) is 0 Å². The number of alkyl carbamates (subject to hydrolysis) is 1. The quantitative estimate of drug-likeness (QED) is 0.186. The van der Waals surface area contributed by atoms with Gasteiger partial charge in [-0.1, -0.05) is 30.3 Å². The molecule has 1 aliphatic rings. The van der Waals surface area contributed by atoms with E-state index >= 15 is 0 Å². The van der Waals surface area contributed by atoms with E-state index in [1.165, 1.54) is 6.92 Å². The van der Waals surface area contributed by atoms with E-state index in [0.29, 0.717) is 0 Å². The van der Waals surface area contributed by atoms with Crippen molar-refractivity contribution in [2.45, 2.75) is 50.2 Å². The molecule has 0 aliphatic carbocycles. The second-order valence-electron chi connectivity index (χ2n) is 7.19. The Morgan fingerprint density at radius 3 is 2.53 bits per heavy atom. The predicted molar refractivity (Wildman–Crippen MR) is 117 cm³/mol. The highest BCUT2D eigenvalue weighted by Gasteiger charge is 2.50. The first kappa shape index (κ1) is 26.6. The number of amides is 2. The van der Waals surface area contributed by atoms with Crippen LogP contribution in [0.25, 0.3) is 0 Å². The molecule has 1 aromatic carbocycles. The number of aliphatic hydroxyl groups excluding tert-OH is 3. The van der Waals surface area contributed by atoms with Crippen LogP contribution in [0.15, 0.2) is 30.3 Å². The zero-order valence-corrected chi connectivity index (χ0v) is 19.2. The van der Waals surface area contributed by atoms with Gasteiger partial charge in [-0.25, -0.2) is 4.79 Å². The summed E-state index contributed by atoms with van der Waals surface area (Å²) >= 11 is 5.16. The fourth-order valence-electron chi connectivity index (χ4n) is 3.07. The third-order valence-electron chi connectivity index (χ3n) is 4.67. The fraction of sp³-hybridized carbons (Fsp3) is 0.579. The number of rotatable bonds is 10. The van der Waals surface area contributed by atoms with Crippen LogP contribution in [0.3, 0.4) is 0 Å². The van der Waals surface area contributed by atoms with E-state index in [1.807, 2.05) is 30.3 Å². The molecule has 180 valence electrons. The van der Waals surface area contributed by atoms with E-state index in [4.69, 9.17) is 25.8 Å². The number of ether oxygens (including phenoxy) is 2. The lowest BCUT2D eigenvalue weighted by Gasteiger charge is -2.44. The number of carbonyl (C=O) groups excluding carboxylic acids is 2. The predicted octanol–water partition coefficient (Wildman–Crippen LogP) is -0.435. The van der Waals surface area contributed by atoms with Crippen molar-refractivity contribution >= 4 is 30.3 Å². The topological polar surface area (TPSA) is 167 Å². The first-order valence-electron chi connectivity index (χ1n) is 9.97. The molecule has 6 atom stereocenters. The summed E-state index contributed by atoms with van der Waals surface area (Å²) in [4.78, 5) is 33.9. The first-order valence-corrected chi connectivity index (χ1v) is 12.7. The molecule has 0 saturated carbocycles. The minimum Gasteiger partial charge on any atom is -0.445 e. The molecule has 0 bridgehead atoms. The standard InChI is InChI=1S/C19H29N2O9PS/c1-12(23)21-15-17(25)16(24)14(10-22)30-18(15)31(27,32)29-9-5-8-20-19(26)28-11-13-6-3-2-4-7-13/h2-4,6-7,14-18,22,24-25H,5,8-11H2,1H3,(H,20,26)(H,21,23)(H,27,32)/t14-,15+,16-,17-,18-,31?/m1/s1. The Balaban J connectivity index is 1.81. The molecule has 0 radical (unpaired) electrons. The number of nitrogens with one attached hydrogen (secondary N) is 2. The Labute approximate surface area is 190 Å². The Morgan fingerprint density at radius 2 is 1.91 bits per heavy atom. The smallest absolute Gasteiger partial charge is 0.407 e. The SMILES string of the molecule is CC(=O)N[C@H]1[C@@H](O)[C@H](O)[C@@H](CO)O[C@@H]1P(O)(=S)OCCCNC(=O)OCc1ccccc1. The molecule has 2 amide bonds. The molecule has 1 heterocycles. The van der Waals surface area contributed by atoms with Crippen LogP contribution in [0.4, 0.5) is 4.79 Å². The van der Waals surface area contributed by atoms with Gasteiger partial charge < -0.3 is 44.8 Å². The molecule has 11 nitrogen and oxygen atoms in total. The van der Waals surface area contributed by atoms with Crippen molar-refractivity contribution in [3.05, 3.63) is 35.9 Å². The van der Waals surface area contributed by atoms with Crippen LogP contribution in [0, 0.1) is 0 Å². The maximum Gasteiger partial charge on any atom is 0.407 e. The molecule has 1 aliphatic heterocycles. The Bertz CT molecular complexity index is 800. The van der Waals surface area contributed by atoms with E-state index in [9.17, 15) is 29.8 Å². The second-order valence-corrected chi connectivity index (χ2v) is 10.7. The van der Waals surface area contributed by atoms with Gasteiger partial charge in [-0.2, -0.15) is 0 Å².